The van der Waals surface area contributed by atoms with E-state index in [1.165, 1.54) is 0 Å². The highest BCUT2D eigenvalue weighted by atomic mass is 15.2. The van der Waals surface area contributed by atoms with Crippen molar-refractivity contribution in [3.05, 3.63) is 12.2 Å². The maximum Gasteiger partial charge on any atom is 0.133 e. The third-order valence-electron chi connectivity index (χ3n) is 1.53. The lowest BCUT2D eigenvalue weighted by molar-refractivity contribution is 0.694. The largest absolute Gasteiger partial charge is 0.321 e. The van der Waals surface area contributed by atoms with Gasteiger partial charge >= 0.3 is 0 Å². The summed E-state index contributed by atoms with van der Waals surface area (Å²) in [7, 11) is 1.90. The van der Waals surface area contributed by atoms with Crippen LogP contribution in [0.1, 0.15) is 5.82 Å². The topological polar surface area (TPSA) is 66.5 Å². The Bertz CT molecular complexity index is 272. The first kappa shape index (κ1) is 8.68. The smallest absolute Gasteiger partial charge is 0.133 e. The molecule has 5 nitrogen and oxygen atoms in total. The van der Waals surface area contributed by atoms with Crippen LogP contribution in [0.15, 0.2) is 6.33 Å². The summed E-state index contributed by atoms with van der Waals surface area (Å²) < 4.78 is 1.87. The summed E-state index contributed by atoms with van der Waals surface area (Å²) in [4.78, 5) is 0. The van der Waals surface area contributed by atoms with Crippen LogP contribution in [0.3, 0.4) is 0 Å². The van der Waals surface area contributed by atoms with Gasteiger partial charge in [-0.25, -0.2) is 0 Å². The normalized spacial score (nSPS) is 9.67. The van der Waals surface area contributed by atoms with Crippen LogP contribution < -0.4 is 5.32 Å². The molecule has 1 aromatic rings. The molecule has 0 spiro atoms. The molecule has 0 aliphatic rings. The number of nitrogens with zero attached hydrogens (tertiary/aromatic N) is 4. The first-order valence-corrected chi connectivity index (χ1v) is 3.75. The van der Waals surface area contributed by atoms with Crippen LogP contribution in [-0.4, -0.2) is 27.9 Å². The first-order valence-electron chi connectivity index (χ1n) is 3.75. The van der Waals surface area contributed by atoms with Gasteiger partial charge in [0.05, 0.1) is 12.6 Å². The fourth-order valence-electron chi connectivity index (χ4n) is 0.878. The summed E-state index contributed by atoms with van der Waals surface area (Å²) >= 11 is 0. The number of rotatable bonds is 4. The van der Waals surface area contributed by atoms with Crippen LogP contribution in [0.2, 0.25) is 0 Å². The number of nitrogens with one attached hydrogen (secondary N) is 1. The fourth-order valence-corrected chi connectivity index (χ4v) is 0.878. The second-order valence-corrected chi connectivity index (χ2v) is 2.44. The molecule has 0 aliphatic carbocycles. The Morgan fingerprint density at radius 3 is 3.17 bits per heavy atom. The Labute approximate surface area is 71.0 Å². The van der Waals surface area contributed by atoms with E-state index in [0.29, 0.717) is 6.54 Å². The maximum absolute atomic E-state index is 8.23. The Morgan fingerprint density at radius 2 is 2.58 bits per heavy atom. The predicted molar refractivity (Wildman–Crippen MR) is 43.2 cm³/mol. The lowest BCUT2D eigenvalue weighted by atomic mass is 10.4. The Balaban J connectivity index is 2.25. The second kappa shape index (κ2) is 4.46. The molecule has 0 bridgehead atoms. The van der Waals surface area contributed by atoms with Crippen molar-refractivity contribution in [3.8, 4) is 6.07 Å². The molecule has 1 aromatic heterocycles. The summed E-state index contributed by atoms with van der Waals surface area (Å²) in [6.45, 7) is 1.15. The quantitative estimate of drug-likeness (QED) is 0.481. The second-order valence-electron chi connectivity index (χ2n) is 2.44. The standard InChI is InChI=1S/C7H11N5/c1-12-6-10-11-7(12)2-4-9-5-3-8/h6,9H,2,4-5H2,1H3. The minimum atomic E-state index is 0.387. The van der Waals surface area contributed by atoms with Crippen molar-refractivity contribution in [1.29, 1.82) is 5.26 Å². The zero-order chi connectivity index (χ0) is 8.81. The molecule has 0 amide bonds. The number of hydrogen-bond donors (Lipinski definition) is 1. The summed E-state index contributed by atoms with van der Waals surface area (Å²) in [5.74, 6) is 0.931. The number of aryl methyl sites for hydroxylation is 1. The highest BCUT2D eigenvalue weighted by molar-refractivity contribution is 4.85. The summed E-state index contributed by atoms with van der Waals surface area (Å²) in [5, 5.41) is 18.8. The van der Waals surface area contributed by atoms with Gasteiger partial charge in [0.15, 0.2) is 0 Å². The molecule has 5 heteroatoms. The highest BCUT2D eigenvalue weighted by Crippen LogP contribution is 1.90. The molecule has 0 saturated heterocycles. The number of aromatic nitrogens is 3. The lowest BCUT2D eigenvalue weighted by Crippen LogP contribution is -2.18. The van der Waals surface area contributed by atoms with Crippen molar-refractivity contribution in [2.75, 3.05) is 13.1 Å². The molecule has 0 atom stereocenters. The third-order valence-corrected chi connectivity index (χ3v) is 1.53. The van der Waals surface area contributed by atoms with Gasteiger partial charge in [0, 0.05) is 20.0 Å². The third kappa shape index (κ3) is 2.32. The molecule has 0 aromatic carbocycles. The summed E-state index contributed by atoms with van der Waals surface area (Å²) in [6.07, 6.45) is 2.47. The molecule has 0 aliphatic heterocycles. The van der Waals surface area contributed by atoms with Crippen LogP contribution in [-0.2, 0) is 13.5 Å². The molecule has 1 N–H and O–H groups in total. The van der Waals surface area contributed by atoms with Crippen molar-refractivity contribution in [2.45, 2.75) is 6.42 Å². The summed E-state index contributed by atoms with van der Waals surface area (Å²) in [5.41, 5.74) is 0. The minimum absolute atomic E-state index is 0.387. The lowest BCUT2D eigenvalue weighted by Gasteiger charge is -1.99. The van der Waals surface area contributed by atoms with Crippen LogP contribution >= 0.6 is 0 Å². The van der Waals surface area contributed by atoms with Gasteiger partial charge in [-0.2, -0.15) is 5.26 Å². The maximum atomic E-state index is 8.23. The van der Waals surface area contributed by atoms with Gasteiger partial charge in [-0.15, -0.1) is 10.2 Å². The first-order chi connectivity index (χ1) is 5.84. The van der Waals surface area contributed by atoms with E-state index in [1.54, 1.807) is 6.33 Å². The SMILES string of the molecule is Cn1cnnc1CCNCC#N. The average molecular weight is 165 g/mol. The van der Waals surface area contributed by atoms with Gasteiger partial charge in [-0.05, 0) is 0 Å². The number of hydrogen-bond acceptors (Lipinski definition) is 4. The molecule has 64 valence electrons. The van der Waals surface area contributed by atoms with Gasteiger partial charge in [0.1, 0.15) is 12.2 Å². The minimum Gasteiger partial charge on any atom is -0.321 e. The van der Waals surface area contributed by atoms with Crippen LogP contribution in [0, 0.1) is 11.3 Å². The fraction of sp³-hybridized carbons (Fsp3) is 0.571. The zero-order valence-corrected chi connectivity index (χ0v) is 6.99. The molecule has 0 saturated carbocycles. The van der Waals surface area contributed by atoms with E-state index < -0.39 is 0 Å². The van der Waals surface area contributed by atoms with E-state index in [4.69, 9.17) is 5.26 Å². The van der Waals surface area contributed by atoms with E-state index in [-0.39, 0.29) is 0 Å². The molecule has 0 fully saturated rings. The van der Waals surface area contributed by atoms with Crippen LogP contribution in [0.5, 0.6) is 0 Å². The van der Waals surface area contributed by atoms with Crippen LogP contribution in [0.25, 0.3) is 0 Å². The van der Waals surface area contributed by atoms with E-state index >= 15 is 0 Å². The molecule has 0 radical (unpaired) electrons. The Kier molecular flexibility index (Phi) is 3.23. The molecule has 12 heavy (non-hydrogen) atoms. The molecule has 1 rings (SSSR count). The van der Waals surface area contributed by atoms with Gasteiger partial charge in [0.2, 0.25) is 0 Å². The molecule has 1 heterocycles. The average Bonchev–Trinajstić information content (AvgIpc) is 2.46. The van der Waals surface area contributed by atoms with Gasteiger partial charge < -0.3 is 9.88 Å². The van der Waals surface area contributed by atoms with Gasteiger partial charge in [-0.1, -0.05) is 0 Å². The molecule has 0 unspecified atom stereocenters. The number of nitriles is 1. The van der Waals surface area contributed by atoms with Crippen molar-refractivity contribution in [2.24, 2.45) is 7.05 Å². The Hall–Kier alpha value is -1.41. The Morgan fingerprint density at radius 1 is 1.75 bits per heavy atom. The van der Waals surface area contributed by atoms with E-state index in [1.807, 2.05) is 17.7 Å². The van der Waals surface area contributed by atoms with E-state index in [9.17, 15) is 0 Å². The van der Waals surface area contributed by atoms with Crippen LogP contribution in [0.4, 0.5) is 0 Å². The zero-order valence-electron chi connectivity index (χ0n) is 6.99. The van der Waals surface area contributed by atoms with Crippen molar-refractivity contribution >= 4 is 0 Å². The van der Waals surface area contributed by atoms with Gasteiger partial charge in [-0.3, -0.25) is 0 Å². The van der Waals surface area contributed by atoms with E-state index in [0.717, 1.165) is 18.8 Å². The van der Waals surface area contributed by atoms with Crippen molar-refractivity contribution < 1.29 is 0 Å². The van der Waals surface area contributed by atoms with Crippen molar-refractivity contribution in [1.82, 2.24) is 20.1 Å². The highest BCUT2D eigenvalue weighted by Gasteiger charge is 1.98. The summed E-state index contributed by atoms with van der Waals surface area (Å²) in [6, 6.07) is 2.01. The predicted octanol–water partition coefficient (Wildman–Crippen LogP) is -0.529. The van der Waals surface area contributed by atoms with Gasteiger partial charge in [0.25, 0.3) is 0 Å². The molecular weight excluding hydrogens is 154 g/mol. The van der Waals surface area contributed by atoms with E-state index in [2.05, 4.69) is 15.5 Å². The monoisotopic (exact) mass is 165 g/mol. The molecular formula is C7H11N5. The van der Waals surface area contributed by atoms with Crippen molar-refractivity contribution in [3.63, 3.8) is 0 Å².